The Labute approximate surface area is 161 Å². The average Bonchev–Trinajstić information content (AvgIpc) is 3.02. The van der Waals surface area contributed by atoms with E-state index in [9.17, 15) is 9.18 Å². The second-order valence-electron chi connectivity index (χ2n) is 6.01. The molecule has 4 nitrogen and oxygen atoms in total. The fourth-order valence-corrected chi connectivity index (χ4v) is 4.08. The largest absolute Gasteiger partial charge is 0.372 e. The number of anilines is 1. The first kappa shape index (κ1) is 19.0. The van der Waals surface area contributed by atoms with Crippen LogP contribution in [0.1, 0.15) is 24.2 Å². The van der Waals surface area contributed by atoms with Crippen LogP contribution in [0.5, 0.6) is 0 Å². The SMILES string of the molecule is C=CCn1c(=NC(=O)c2ccc(N(CC)CC)cc2)sc2cccc(F)c21. The Morgan fingerprint density at radius 2 is 1.93 bits per heavy atom. The Kier molecular flexibility index (Phi) is 5.86. The summed E-state index contributed by atoms with van der Waals surface area (Å²) in [5, 5.41) is 0. The lowest BCUT2D eigenvalue weighted by molar-refractivity contribution is 0.0998. The molecule has 0 bridgehead atoms. The van der Waals surface area contributed by atoms with Gasteiger partial charge in [-0.3, -0.25) is 4.79 Å². The van der Waals surface area contributed by atoms with Crippen LogP contribution in [0.2, 0.25) is 0 Å². The number of hydrogen-bond donors (Lipinski definition) is 0. The van der Waals surface area contributed by atoms with Gasteiger partial charge >= 0.3 is 0 Å². The van der Waals surface area contributed by atoms with Crippen LogP contribution >= 0.6 is 11.3 Å². The summed E-state index contributed by atoms with van der Waals surface area (Å²) in [5.74, 6) is -0.672. The predicted molar refractivity (Wildman–Crippen MR) is 110 cm³/mol. The molecular formula is C21H22FN3OS. The lowest BCUT2D eigenvalue weighted by Gasteiger charge is -2.20. The summed E-state index contributed by atoms with van der Waals surface area (Å²) >= 11 is 1.30. The van der Waals surface area contributed by atoms with E-state index in [1.54, 1.807) is 28.8 Å². The molecule has 0 saturated carbocycles. The molecule has 0 fully saturated rings. The van der Waals surface area contributed by atoms with Crippen molar-refractivity contribution in [3.63, 3.8) is 0 Å². The van der Waals surface area contributed by atoms with Gasteiger partial charge in [0.1, 0.15) is 5.82 Å². The van der Waals surface area contributed by atoms with E-state index < -0.39 is 0 Å². The van der Waals surface area contributed by atoms with Gasteiger partial charge in [0.25, 0.3) is 5.91 Å². The van der Waals surface area contributed by atoms with Crippen molar-refractivity contribution in [3.05, 3.63) is 71.3 Å². The molecular weight excluding hydrogens is 361 g/mol. The zero-order chi connectivity index (χ0) is 19.4. The molecule has 0 saturated heterocycles. The van der Waals surface area contributed by atoms with Crippen LogP contribution in [0, 0.1) is 5.82 Å². The highest BCUT2D eigenvalue weighted by atomic mass is 32.1. The normalized spacial score (nSPS) is 11.7. The van der Waals surface area contributed by atoms with Crippen LogP contribution in [0.25, 0.3) is 10.2 Å². The van der Waals surface area contributed by atoms with Crippen molar-refractivity contribution in [1.29, 1.82) is 0 Å². The van der Waals surface area contributed by atoms with Crippen LogP contribution in [0.4, 0.5) is 10.1 Å². The summed E-state index contributed by atoms with van der Waals surface area (Å²) in [7, 11) is 0. The van der Waals surface area contributed by atoms with Gasteiger partial charge < -0.3 is 9.47 Å². The summed E-state index contributed by atoms with van der Waals surface area (Å²) in [6, 6.07) is 12.3. The minimum absolute atomic E-state index is 0.330. The molecule has 6 heteroatoms. The minimum atomic E-state index is -0.342. The maximum atomic E-state index is 14.3. The fraction of sp³-hybridized carbons (Fsp3) is 0.238. The number of carbonyl (C=O) groups excluding carboxylic acids is 1. The van der Waals surface area contributed by atoms with Crippen molar-refractivity contribution in [2.75, 3.05) is 18.0 Å². The van der Waals surface area contributed by atoms with Gasteiger partial charge in [0.2, 0.25) is 0 Å². The highest BCUT2D eigenvalue weighted by Gasteiger charge is 2.12. The molecule has 27 heavy (non-hydrogen) atoms. The number of benzene rings is 2. The number of carbonyl (C=O) groups is 1. The monoisotopic (exact) mass is 383 g/mol. The Morgan fingerprint density at radius 1 is 1.22 bits per heavy atom. The smallest absolute Gasteiger partial charge is 0.279 e. The molecule has 0 spiro atoms. The number of nitrogens with zero attached hydrogens (tertiary/aromatic N) is 3. The van der Waals surface area contributed by atoms with Crippen molar-refractivity contribution < 1.29 is 9.18 Å². The standard InChI is InChI=1S/C21H22FN3OS/c1-4-14-25-19-17(22)8-7-9-18(19)27-21(25)23-20(26)15-10-12-16(13-11-15)24(5-2)6-3/h4,7-13H,1,5-6,14H2,2-3H3. The molecule has 2 aromatic carbocycles. The van der Waals surface area contributed by atoms with E-state index in [-0.39, 0.29) is 11.7 Å². The molecule has 0 atom stereocenters. The molecule has 0 unspecified atom stereocenters. The molecule has 0 radical (unpaired) electrons. The number of fused-ring (bicyclic) bond motifs is 1. The fourth-order valence-electron chi connectivity index (χ4n) is 3.03. The lowest BCUT2D eigenvalue weighted by Crippen LogP contribution is -2.21. The zero-order valence-corrected chi connectivity index (χ0v) is 16.3. The average molecular weight is 383 g/mol. The highest BCUT2D eigenvalue weighted by Crippen LogP contribution is 2.21. The highest BCUT2D eigenvalue weighted by molar-refractivity contribution is 7.16. The van der Waals surface area contributed by atoms with Crippen molar-refractivity contribution in [3.8, 4) is 0 Å². The minimum Gasteiger partial charge on any atom is -0.372 e. The number of amides is 1. The topological polar surface area (TPSA) is 37.6 Å². The van der Waals surface area contributed by atoms with Crippen LogP contribution in [0.15, 0.2) is 60.1 Å². The number of para-hydroxylation sites is 1. The van der Waals surface area contributed by atoms with E-state index in [4.69, 9.17) is 0 Å². The number of rotatable bonds is 6. The van der Waals surface area contributed by atoms with Crippen molar-refractivity contribution in [2.45, 2.75) is 20.4 Å². The van der Waals surface area contributed by atoms with Gasteiger partial charge in [0.15, 0.2) is 4.80 Å². The third-order valence-corrected chi connectivity index (χ3v) is 5.45. The number of allylic oxidation sites excluding steroid dienone is 1. The van der Waals surface area contributed by atoms with E-state index in [0.29, 0.717) is 22.4 Å². The second kappa shape index (κ2) is 8.31. The quantitative estimate of drug-likeness (QED) is 0.583. The molecule has 1 amide bonds. The van der Waals surface area contributed by atoms with Crippen LogP contribution in [0.3, 0.4) is 0 Å². The number of hydrogen-bond acceptors (Lipinski definition) is 3. The molecule has 0 aliphatic carbocycles. The van der Waals surface area contributed by atoms with Gasteiger partial charge in [0.05, 0.1) is 10.2 Å². The van der Waals surface area contributed by atoms with Gasteiger partial charge in [0, 0.05) is 30.9 Å². The summed E-state index contributed by atoms with van der Waals surface area (Å²) in [5.41, 5.74) is 2.03. The first-order valence-electron chi connectivity index (χ1n) is 8.91. The third kappa shape index (κ3) is 3.85. The maximum Gasteiger partial charge on any atom is 0.279 e. The third-order valence-electron chi connectivity index (χ3n) is 4.40. The van der Waals surface area contributed by atoms with E-state index >= 15 is 0 Å². The van der Waals surface area contributed by atoms with E-state index in [0.717, 1.165) is 23.5 Å². The van der Waals surface area contributed by atoms with E-state index in [1.165, 1.54) is 17.4 Å². The first-order chi connectivity index (χ1) is 13.1. The molecule has 140 valence electrons. The van der Waals surface area contributed by atoms with E-state index in [1.807, 2.05) is 18.2 Å². The Hall–Kier alpha value is -2.73. The molecule has 0 aliphatic rings. The second-order valence-corrected chi connectivity index (χ2v) is 7.02. The molecule has 3 rings (SSSR count). The molecule has 1 aromatic heterocycles. The number of aromatic nitrogens is 1. The van der Waals surface area contributed by atoms with Crippen LogP contribution in [-0.4, -0.2) is 23.6 Å². The van der Waals surface area contributed by atoms with Gasteiger partial charge in [-0.2, -0.15) is 4.99 Å². The van der Waals surface area contributed by atoms with Gasteiger partial charge in [-0.25, -0.2) is 4.39 Å². The van der Waals surface area contributed by atoms with Crippen LogP contribution < -0.4 is 9.70 Å². The number of thiazole rings is 1. The zero-order valence-electron chi connectivity index (χ0n) is 15.5. The summed E-state index contributed by atoms with van der Waals surface area (Å²) in [6.07, 6.45) is 1.67. The van der Waals surface area contributed by atoms with Crippen molar-refractivity contribution in [2.24, 2.45) is 4.99 Å². The van der Waals surface area contributed by atoms with Crippen molar-refractivity contribution in [1.82, 2.24) is 4.57 Å². The Bertz CT molecular complexity index is 1030. The molecule has 0 N–H and O–H groups in total. The Morgan fingerprint density at radius 3 is 2.56 bits per heavy atom. The van der Waals surface area contributed by atoms with Crippen LogP contribution in [-0.2, 0) is 6.54 Å². The summed E-state index contributed by atoms with van der Waals surface area (Å²) in [6.45, 7) is 10.1. The summed E-state index contributed by atoms with van der Waals surface area (Å²) < 4.78 is 16.7. The molecule has 1 heterocycles. The maximum absolute atomic E-state index is 14.3. The van der Waals surface area contributed by atoms with Gasteiger partial charge in [-0.05, 0) is 50.2 Å². The first-order valence-corrected chi connectivity index (χ1v) is 9.73. The van der Waals surface area contributed by atoms with Gasteiger partial charge in [-0.1, -0.05) is 23.5 Å². The number of halogens is 1. The van der Waals surface area contributed by atoms with Crippen molar-refractivity contribution >= 4 is 33.1 Å². The molecule has 3 aromatic rings. The summed E-state index contributed by atoms with van der Waals surface area (Å²) in [4.78, 5) is 19.6. The predicted octanol–water partition coefficient (Wildman–Crippen LogP) is 4.62. The van der Waals surface area contributed by atoms with E-state index in [2.05, 4.69) is 30.3 Å². The Balaban J connectivity index is 2.01. The molecule has 0 aliphatic heterocycles. The lowest BCUT2D eigenvalue weighted by atomic mass is 10.2. The van der Waals surface area contributed by atoms with Gasteiger partial charge in [-0.15, -0.1) is 6.58 Å².